The van der Waals surface area contributed by atoms with Crippen LogP contribution in [-0.2, 0) is 0 Å². The van der Waals surface area contributed by atoms with Crippen LogP contribution < -0.4 is 16.4 Å². The Bertz CT molecular complexity index is 644. The molecule has 0 aliphatic carbocycles. The lowest BCUT2D eigenvalue weighted by atomic mass is 10.1. The molecule has 0 aliphatic rings. The van der Waals surface area contributed by atoms with E-state index in [4.69, 9.17) is 11.5 Å². The van der Waals surface area contributed by atoms with Crippen LogP contribution in [0.5, 0.6) is 5.75 Å². The highest BCUT2D eigenvalue weighted by atomic mass is 16.3. The van der Waals surface area contributed by atoms with E-state index in [-0.39, 0.29) is 17.8 Å². The van der Waals surface area contributed by atoms with Gasteiger partial charge >= 0.3 is 0 Å². The third-order valence-corrected chi connectivity index (χ3v) is 3.91. The second kappa shape index (κ2) is 8.42. The molecule has 2 aromatic rings. The SMILES string of the molecule is CC(CN)N(c1ccc(/N=N\c2ccc(O)cc2)cc1)C(C)CN. The molecule has 0 amide bonds. The number of hydrogen-bond acceptors (Lipinski definition) is 6. The highest BCUT2D eigenvalue weighted by Crippen LogP contribution is 2.25. The fourth-order valence-electron chi connectivity index (χ4n) is 2.50. The molecule has 24 heavy (non-hydrogen) atoms. The molecule has 0 radical (unpaired) electrons. The van der Waals surface area contributed by atoms with Gasteiger partial charge in [0.05, 0.1) is 11.4 Å². The number of nitrogens with zero attached hydrogens (tertiary/aromatic N) is 3. The van der Waals surface area contributed by atoms with Crippen LogP contribution in [0.25, 0.3) is 0 Å². The molecule has 6 heteroatoms. The predicted molar refractivity (Wildman–Crippen MR) is 98.2 cm³/mol. The van der Waals surface area contributed by atoms with Crippen LogP contribution in [0.3, 0.4) is 0 Å². The van der Waals surface area contributed by atoms with Gasteiger partial charge in [-0.25, -0.2) is 0 Å². The topological polar surface area (TPSA) is 100 Å². The van der Waals surface area contributed by atoms with E-state index in [1.807, 2.05) is 24.3 Å². The Balaban J connectivity index is 2.15. The average molecular weight is 327 g/mol. The molecule has 0 spiro atoms. The lowest BCUT2D eigenvalue weighted by Crippen LogP contribution is -2.47. The van der Waals surface area contributed by atoms with Crippen molar-refractivity contribution < 1.29 is 5.11 Å². The number of phenols is 1. The van der Waals surface area contributed by atoms with Crippen molar-refractivity contribution in [2.75, 3.05) is 18.0 Å². The second-order valence-electron chi connectivity index (χ2n) is 5.81. The van der Waals surface area contributed by atoms with Crippen molar-refractivity contribution in [1.29, 1.82) is 0 Å². The normalized spacial score (nSPS) is 13.8. The maximum absolute atomic E-state index is 9.26. The molecular formula is C18H25N5O. The first-order valence-corrected chi connectivity index (χ1v) is 8.04. The molecule has 6 nitrogen and oxygen atoms in total. The molecule has 2 aromatic carbocycles. The lowest BCUT2D eigenvalue weighted by Gasteiger charge is -2.35. The highest BCUT2D eigenvalue weighted by molar-refractivity contribution is 5.54. The molecule has 128 valence electrons. The summed E-state index contributed by atoms with van der Waals surface area (Å²) in [5.41, 5.74) is 14.2. The molecule has 0 saturated heterocycles. The number of aromatic hydroxyl groups is 1. The van der Waals surface area contributed by atoms with Gasteiger partial charge in [-0.2, -0.15) is 10.2 Å². The van der Waals surface area contributed by atoms with E-state index >= 15 is 0 Å². The first kappa shape index (κ1) is 17.9. The van der Waals surface area contributed by atoms with E-state index in [1.54, 1.807) is 24.3 Å². The monoisotopic (exact) mass is 327 g/mol. The zero-order chi connectivity index (χ0) is 17.5. The van der Waals surface area contributed by atoms with Crippen molar-refractivity contribution in [3.8, 4) is 5.75 Å². The molecule has 0 fully saturated rings. The Morgan fingerprint density at radius 3 is 1.67 bits per heavy atom. The van der Waals surface area contributed by atoms with E-state index in [0.717, 1.165) is 11.4 Å². The number of benzene rings is 2. The van der Waals surface area contributed by atoms with Crippen LogP contribution in [0.2, 0.25) is 0 Å². The number of azo groups is 1. The fraction of sp³-hybridized carbons (Fsp3) is 0.333. The first-order valence-electron chi connectivity index (χ1n) is 8.04. The van der Waals surface area contributed by atoms with E-state index in [2.05, 4.69) is 29.0 Å². The molecule has 0 heterocycles. The zero-order valence-corrected chi connectivity index (χ0v) is 14.1. The largest absolute Gasteiger partial charge is 0.508 e. The molecule has 2 unspecified atom stereocenters. The maximum Gasteiger partial charge on any atom is 0.115 e. The Morgan fingerprint density at radius 1 is 0.833 bits per heavy atom. The second-order valence-corrected chi connectivity index (χ2v) is 5.81. The molecule has 0 aliphatic heterocycles. The molecular weight excluding hydrogens is 302 g/mol. The Hall–Kier alpha value is -2.44. The summed E-state index contributed by atoms with van der Waals surface area (Å²) in [5, 5.41) is 17.6. The number of anilines is 1. The van der Waals surface area contributed by atoms with Crippen molar-refractivity contribution in [2.24, 2.45) is 21.7 Å². The molecule has 2 rings (SSSR count). The zero-order valence-electron chi connectivity index (χ0n) is 14.1. The average Bonchev–Trinajstić information content (AvgIpc) is 2.62. The van der Waals surface area contributed by atoms with Crippen LogP contribution in [0.1, 0.15) is 13.8 Å². The molecule has 0 aromatic heterocycles. The number of hydrogen-bond donors (Lipinski definition) is 3. The molecule has 0 bridgehead atoms. The summed E-state index contributed by atoms with van der Waals surface area (Å²) in [6, 6.07) is 14.8. The summed E-state index contributed by atoms with van der Waals surface area (Å²) >= 11 is 0. The predicted octanol–water partition coefficient (Wildman–Crippen LogP) is 3.31. The van der Waals surface area contributed by atoms with E-state index in [1.165, 1.54) is 0 Å². The Kier molecular flexibility index (Phi) is 6.28. The third kappa shape index (κ3) is 4.53. The number of nitrogens with two attached hydrogens (primary N) is 2. The molecule has 2 atom stereocenters. The minimum atomic E-state index is 0.202. The summed E-state index contributed by atoms with van der Waals surface area (Å²) in [7, 11) is 0. The summed E-state index contributed by atoms with van der Waals surface area (Å²) in [6.07, 6.45) is 0. The quantitative estimate of drug-likeness (QED) is 0.679. The third-order valence-electron chi connectivity index (χ3n) is 3.91. The van der Waals surface area contributed by atoms with Crippen LogP contribution in [0.15, 0.2) is 58.8 Å². The van der Waals surface area contributed by atoms with Crippen molar-refractivity contribution in [3.63, 3.8) is 0 Å². The van der Waals surface area contributed by atoms with Gasteiger partial charge in [-0.1, -0.05) is 0 Å². The van der Waals surface area contributed by atoms with Crippen LogP contribution in [0, 0.1) is 0 Å². The molecule has 0 saturated carbocycles. The van der Waals surface area contributed by atoms with Gasteiger partial charge < -0.3 is 21.5 Å². The highest BCUT2D eigenvalue weighted by Gasteiger charge is 2.18. The van der Waals surface area contributed by atoms with Crippen LogP contribution >= 0.6 is 0 Å². The lowest BCUT2D eigenvalue weighted by molar-refractivity contribution is 0.475. The Morgan fingerprint density at radius 2 is 1.25 bits per heavy atom. The van der Waals surface area contributed by atoms with E-state index in [0.29, 0.717) is 18.8 Å². The van der Waals surface area contributed by atoms with Crippen molar-refractivity contribution in [1.82, 2.24) is 0 Å². The number of rotatable bonds is 7. The summed E-state index contributed by atoms with van der Waals surface area (Å²) in [6.45, 7) is 5.30. The summed E-state index contributed by atoms with van der Waals surface area (Å²) in [4.78, 5) is 2.22. The fourth-order valence-corrected chi connectivity index (χ4v) is 2.50. The minimum Gasteiger partial charge on any atom is -0.508 e. The standard InChI is InChI=1S/C18H25N5O/c1-13(11-19)23(14(2)12-20)17-7-3-15(4-8-17)21-22-16-5-9-18(24)10-6-16/h3-10,13-14,24H,11-12,19-20H2,1-2H3/b22-21-. The number of phenolic OH excluding ortho intramolecular Hbond substituents is 1. The van der Waals surface area contributed by atoms with Crippen LogP contribution in [-0.4, -0.2) is 30.3 Å². The minimum absolute atomic E-state index is 0.202. The smallest absolute Gasteiger partial charge is 0.115 e. The van der Waals surface area contributed by atoms with Gasteiger partial charge in [0.15, 0.2) is 0 Å². The Labute approximate surface area is 142 Å². The van der Waals surface area contributed by atoms with E-state index < -0.39 is 0 Å². The van der Waals surface area contributed by atoms with Gasteiger partial charge in [0, 0.05) is 30.9 Å². The van der Waals surface area contributed by atoms with Crippen molar-refractivity contribution >= 4 is 17.1 Å². The maximum atomic E-state index is 9.26. The summed E-state index contributed by atoms with van der Waals surface area (Å²) < 4.78 is 0. The van der Waals surface area contributed by atoms with Gasteiger partial charge in [-0.15, -0.1) is 0 Å². The van der Waals surface area contributed by atoms with Crippen molar-refractivity contribution in [3.05, 3.63) is 48.5 Å². The van der Waals surface area contributed by atoms with E-state index in [9.17, 15) is 5.11 Å². The van der Waals surface area contributed by atoms with Gasteiger partial charge in [0.25, 0.3) is 0 Å². The van der Waals surface area contributed by atoms with Gasteiger partial charge in [0.2, 0.25) is 0 Å². The van der Waals surface area contributed by atoms with Gasteiger partial charge in [-0.3, -0.25) is 0 Å². The van der Waals surface area contributed by atoms with Gasteiger partial charge in [0.1, 0.15) is 5.75 Å². The van der Waals surface area contributed by atoms with Crippen LogP contribution in [0.4, 0.5) is 17.1 Å². The summed E-state index contributed by atoms with van der Waals surface area (Å²) in [5.74, 6) is 0.210. The first-order chi connectivity index (χ1) is 11.5. The molecule has 5 N–H and O–H groups in total. The van der Waals surface area contributed by atoms with Gasteiger partial charge in [-0.05, 0) is 62.4 Å². The van der Waals surface area contributed by atoms with Crippen molar-refractivity contribution in [2.45, 2.75) is 25.9 Å².